The first-order valence-electron chi connectivity index (χ1n) is 6.70. The van der Waals surface area contributed by atoms with E-state index in [4.69, 9.17) is 4.74 Å². The summed E-state index contributed by atoms with van der Waals surface area (Å²) in [4.78, 5) is 23.7. The first-order chi connectivity index (χ1) is 9.56. The van der Waals surface area contributed by atoms with Crippen molar-refractivity contribution in [3.8, 4) is 6.01 Å². The Hall–Kier alpha value is -2.12. The van der Waals surface area contributed by atoms with Crippen LogP contribution in [0.1, 0.15) is 26.7 Å². The third kappa shape index (κ3) is 3.94. The third-order valence-corrected chi connectivity index (χ3v) is 2.78. The molecule has 8 nitrogen and oxygen atoms in total. The first kappa shape index (κ1) is 14.3. The van der Waals surface area contributed by atoms with E-state index in [2.05, 4.69) is 30.9 Å². The normalized spacial score (nSPS) is 18.6. The fraction of sp³-hybridized carbons (Fsp3) is 0.667. The second-order valence-corrected chi connectivity index (χ2v) is 4.87. The summed E-state index contributed by atoms with van der Waals surface area (Å²) in [5.74, 6) is 0.970. The van der Waals surface area contributed by atoms with Crippen LogP contribution >= 0.6 is 0 Å². The van der Waals surface area contributed by atoms with E-state index in [0.29, 0.717) is 24.9 Å². The summed E-state index contributed by atoms with van der Waals surface area (Å²) in [5.41, 5.74) is 0. The van der Waals surface area contributed by atoms with Crippen molar-refractivity contribution in [2.75, 3.05) is 24.2 Å². The maximum Gasteiger partial charge on any atom is 0.323 e. The summed E-state index contributed by atoms with van der Waals surface area (Å²) >= 11 is 0. The van der Waals surface area contributed by atoms with Crippen molar-refractivity contribution in [2.24, 2.45) is 0 Å². The maximum atomic E-state index is 11.1. The van der Waals surface area contributed by atoms with Crippen LogP contribution in [0.2, 0.25) is 0 Å². The van der Waals surface area contributed by atoms with Gasteiger partial charge in [0.2, 0.25) is 17.8 Å². The number of carbonyl (C=O) groups excluding carboxylic acids is 1. The van der Waals surface area contributed by atoms with Gasteiger partial charge in [-0.3, -0.25) is 4.79 Å². The molecule has 8 heteroatoms. The highest BCUT2D eigenvalue weighted by Crippen LogP contribution is 2.14. The van der Waals surface area contributed by atoms with Gasteiger partial charge < -0.3 is 20.7 Å². The minimum absolute atomic E-state index is 0.0103. The van der Waals surface area contributed by atoms with E-state index in [1.54, 1.807) is 7.05 Å². The lowest BCUT2D eigenvalue weighted by molar-refractivity contribution is -0.122. The highest BCUT2D eigenvalue weighted by molar-refractivity contribution is 5.76. The molecule has 1 saturated heterocycles. The summed E-state index contributed by atoms with van der Waals surface area (Å²) in [6.07, 6.45) is 1.26. The van der Waals surface area contributed by atoms with E-state index in [1.807, 2.05) is 13.8 Å². The van der Waals surface area contributed by atoms with E-state index in [1.165, 1.54) is 0 Å². The van der Waals surface area contributed by atoms with Gasteiger partial charge in [0.1, 0.15) is 0 Å². The minimum Gasteiger partial charge on any atom is -0.461 e. The largest absolute Gasteiger partial charge is 0.461 e. The lowest BCUT2D eigenvalue weighted by Crippen LogP contribution is -2.42. The zero-order valence-electron chi connectivity index (χ0n) is 11.9. The van der Waals surface area contributed by atoms with Gasteiger partial charge in [-0.05, 0) is 20.3 Å². The van der Waals surface area contributed by atoms with Gasteiger partial charge >= 0.3 is 6.01 Å². The Morgan fingerprint density at radius 1 is 1.30 bits per heavy atom. The molecule has 110 valence electrons. The van der Waals surface area contributed by atoms with Gasteiger partial charge in [-0.15, -0.1) is 0 Å². The van der Waals surface area contributed by atoms with Crippen molar-refractivity contribution in [3.63, 3.8) is 0 Å². The van der Waals surface area contributed by atoms with Gasteiger partial charge in [0, 0.05) is 26.1 Å². The van der Waals surface area contributed by atoms with Gasteiger partial charge in [0.25, 0.3) is 0 Å². The number of carbonyl (C=O) groups is 1. The summed E-state index contributed by atoms with van der Waals surface area (Å²) in [6.45, 7) is 4.39. The van der Waals surface area contributed by atoms with Crippen LogP contribution in [0, 0.1) is 0 Å². The van der Waals surface area contributed by atoms with E-state index >= 15 is 0 Å². The van der Waals surface area contributed by atoms with Crippen LogP contribution in [0.3, 0.4) is 0 Å². The lowest BCUT2D eigenvalue weighted by atomic mass is 10.1. The predicted octanol–water partition coefficient (Wildman–Crippen LogP) is 0.391. The Morgan fingerprint density at radius 2 is 2.05 bits per heavy atom. The quantitative estimate of drug-likeness (QED) is 0.717. The van der Waals surface area contributed by atoms with Gasteiger partial charge in [-0.2, -0.15) is 15.0 Å². The van der Waals surface area contributed by atoms with Gasteiger partial charge in [-0.25, -0.2) is 0 Å². The number of aromatic nitrogens is 3. The van der Waals surface area contributed by atoms with Crippen LogP contribution in [0.4, 0.5) is 11.9 Å². The SMILES string of the molecule is CNc1nc(NC2CCC(=O)NC2)nc(OC(C)C)n1. The second-order valence-electron chi connectivity index (χ2n) is 4.87. The Morgan fingerprint density at radius 3 is 2.65 bits per heavy atom. The molecule has 0 radical (unpaired) electrons. The zero-order chi connectivity index (χ0) is 14.5. The molecule has 3 N–H and O–H groups in total. The van der Waals surface area contributed by atoms with Crippen molar-refractivity contribution in [1.29, 1.82) is 0 Å². The number of nitrogens with one attached hydrogen (secondary N) is 3. The molecule has 0 saturated carbocycles. The molecule has 1 aliphatic rings. The Bertz CT molecular complexity index is 469. The summed E-state index contributed by atoms with van der Waals surface area (Å²) in [6, 6.07) is 0.397. The van der Waals surface area contributed by atoms with Crippen LogP contribution in [0.15, 0.2) is 0 Å². The average molecular weight is 280 g/mol. The van der Waals surface area contributed by atoms with Crippen molar-refractivity contribution < 1.29 is 9.53 Å². The van der Waals surface area contributed by atoms with Crippen LogP contribution in [-0.2, 0) is 4.79 Å². The number of amides is 1. The first-order valence-corrected chi connectivity index (χ1v) is 6.70. The van der Waals surface area contributed by atoms with Gasteiger partial charge in [-0.1, -0.05) is 0 Å². The number of nitrogens with zero attached hydrogens (tertiary/aromatic N) is 3. The van der Waals surface area contributed by atoms with Gasteiger partial charge in [0.15, 0.2) is 0 Å². The van der Waals surface area contributed by atoms with Gasteiger partial charge in [0.05, 0.1) is 6.10 Å². The number of ether oxygens (including phenoxy) is 1. The van der Waals surface area contributed by atoms with Crippen molar-refractivity contribution in [1.82, 2.24) is 20.3 Å². The highest BCUT2D eigenvalue weighted by Gasteiger charge is 2.19. The number of anilines is 2. The molecule has 1 aromatic heterocycles. The fourth-order valence-corrected chi connectivity index (χ4v) is 1.83. The smallest absolute Gasteiger partial charge is 0.323 e. The number of hydrogen-bond acceptors (Lipinski definition) is 7. The number of piperidine rings is 1. The molecule has 2 heterocycles. The molecule has 1 fully saturated rings. The molecule has 0 aromatic carbocycles. The van der Waals surface area contributed by atoms with Crippen molar-refractivity contribution in [3.05, 3.63) is 0 Å². The van der Waals surface area contributed by atoms with E-state index in [9.17, 15) is 4.79 Å². The molecule has 1 aromatic rings. The molecule has 20 heavy (non-hydrogen) atoms. The molecule has 0 bridgehead atoms. The van der Waals surface area contributed by atoms with Crippen LogP contribution < -0.4 is 20.7 Å². The Kier molecular flexibility index (Phi) is 4.54. The van der Waals surface area contributed by atoms with Crippen LogP contribution in [-0.4, -0.2) is 46.6 Å². The summed E-state index contributed by atoms with van der Waals surface area (Å²) in [7, 11) is 1.74. The molecule has 0 spiro atoms. The molecule has 1 amide bonds. The Labute approximate surface area is 117 Å². The maximum absolute atomic E-state index is 11.1. The van der Waals surface area contributed by atoms with Crippen molar-refractivity contribution in [2.45, 2.75) is 38.8 Å². The topological polar surface area (TPSA) is 101 Å². The van der Waals surface area contributed by atoms with Crippen molar-refractivity contribution >= 4 is 17.8 Å². The van der Waals surface area contributed by atoms with E-state index in [0.717, 1.165) is 6.42 Å². The van der Waals surface area contributed by atoms with Crippen LogP contribution in [0.5, 0.6) is 6.01 Å². The standard InChI is InChI=1S/C12H20N6O2/c1-7(2)20-12-17-10(13-3)16-11(18-12)15-8-4-5-9(19)14-6-8/h7-8H,4-6H2,1-3H3,(H,14,19)(H2,13,15,16,17,18). The molecular formula is C12H20N6O2. The molecule has 1 aliphatic heterocycles. The minimum atomic E-state index is -0.0103. The van der Waals surface area contributed by atoms with E-state index in [-0.39, 0.29) is 24.1 Å². The van der Waals surface area contributed by atoms with Crippen LogP contribution in [0.25, 0.3) is 0 Å². The third-order valence-electron chi connectivity index (χ3n) is 2.78. The highest BCUT2D eigenvalue weighted by atomic mass is 16.5. The molecule has 0 aliphatic carbocycles. The monoisotopic (exact) mass is 280 g/mol. The fourth-order valence-electron chi connectivity index (χ4n) is 1.83. The summed E-state index contributed by atoms with van der Waals surface area (Å²) < 4.78 is 5.49. The molecule has 1 atom stereocenters. The predicted molar refractivity (Wildman–Crippen MR) is 74.8 cm³/mol. The zero-order valence-corrected chi connectivity index (χ0v) is 11.9. The molecular weight excluding hydrogens is 260 g/mol. The Balaban J connectivity index is 2.07. The van der Waals surface area contributed by atoms with E-state index < -0.39 is 0 Å². The number of rotatable bonds is 5. The lowest BCUT2D eigenvalue weighted by Gasteiger charge is -2.23. The summed E-state index contributed by atoms with van der Waals surface area (Å²) in [5, 5.41) is 8.87. The molecule has 2 rings (SSSR count). The second kappa shape index (κ2) is 6.36. The average Bonchev–Trinajstić information content (AvgIpc) is 2.40. The number of hydrogen-bond donors (Lipinski definition) is 3. The molecule has 1 unspecified atom stereocenters.